The lowest BCUT2D eigenvalue weighted by Gasteiger charge is -2.33. The van der Waals surface area contributed by atoms with Crippen molar-refractivity contribution in [2.24, 2.45) is 17.6 Å². The fourth-order valence-electron chi connectivity index (χ4n) is 4.41. The van der Waals surface area contributed by atoms with E-state index in [-0.39, 0.29) is 36.2 Å². The van der Waals surface area contributed by atoms with Crippen molar-refractivity contribution in [2.75, 3.05) is 26.2 Å². The number of pyridine rings is 1. The fraction of sp³-hybridized carbons (Fsp3) is 0.517. The molecule has 2 heterocycles. The number of benzene rings is 1. The Morgan fingerprint density at radius 2 is 1.92 bits per heavy atom. The molecule has 3 rings (SSSR count). The van der Waals surface area contributed by atoms with Crippen LogP contribution in [0.2, 0.25) is 0 Å². The van der Waals surface area contributed by atoms with E-state index >= 15 is 0 Å². The summed E-state index contributed by atoms with van der Waals surface area (Å²) in [6.45, 7) is 10.5. The second-order valence-electron chi connectivity index (χ2n) is 10.7. The maximum Gasteiger partial charge on any atom is 0.322 e. The van der Waals surface area contributed by atoms with Crippen molar-refractivity contribution in [3.05, 3.63) is 47.7 Å². The molecule has 0 bridgehead atoms. The summed E-state index contributed by atoms with van der Waals surface area (Å²) in [5.74, 6) is -1.76. The number of hydrogen-bond acceptors (Lipinski definition) is 7. The average molecular weight is 540 g/mol. The monoisotopic (exact) mass is 539 g/mol. The van der Waals surface area contributed by atoms with Crippen molar-refractivity contribution in [1.82, 2.24) is 20.5 Å². The van der Waals surface area contributed by atoms with Gasteiger partial charge in [-0.25, -0.2) is 0 Å². The van der Waals surface area contributed by atoms with Crippen molar-refractivity contribution < 1.29 is 24.2 Å². The van der Waals surface area contributed by atoms with Gasteiger partial charge in [0.05, 0.1) is 17.8 Å². The number of aliphatic carboxylic acids is 1. The molecule has 39 heavy (non-hydrogen) atoms. The quantitative estimate of drug-likeness (QED) is 0.340. The van der Waals surface area contributed by atoms with E-state index < -0.39 is 24.2 Å². The van der Waals surface area contributed by atoms with Crippen molar-refractivity contribution in [2.45, 2.75) is 58.8 Å². The highest BCUT2D eigenvalue weighted by molar-refractivity contribution is 5.89. The van der Waals surface area contributed by atoms with E-state index in [2.05, 4.69) is 15.6 Å². The summed E-state index contributed by atoms with van der Waals surface area (Å²) in [4.78, 5) is 43.2. The van der Waals surface area contributed by atoms with Gasteiger partial charge in [-0.05, 0) is 43.4 Å². The van der Waals surface area contributed by atoms with E-state index in [0.29, 0.717) is 19.7 Å². The van der Waals surface area contributed by atoms with Crippen molar-refractivity contribution in [3.63, 3.8) is 0 Å². The molecule has 5 N–H and O–H groups in total. The molecule has 10 nitrogen and oxygen atoms in total. The Morgan fingerprint density at radius 3 is 2.59 bits per heavy atom. The number of fused-ring (bicyclic) bond motifs is 1. The van der Waals surface area contributed by atoms with Gasteiger partial charge in [-0.3, -0.25) is 19.4 Å². The Kier molecular flexibility index (Phi) is 10.6. The van der Waals surface area contributed by atoms with Crippen LogP contribution in [-0.4, -0.2) is 77.2 Å². The summed E-state index contributed by atoms with van der Waals surface area (Å²) >= 11 is 0. The van der Waals surface area contributed by atoms with E-state index in [0.717, 1.165) is 22.2 Å². The number of nitrogens with one attached hydrogen (secondary N) is 2. The third-order valence-corrected chi connectivity index (χ3v) is 6.74. The zero-order chi connectivity index (χ0) is 28.7. The second kappa shape index (κ2) is 13.6. The van der Waals surface area contributed by atoms with Crippen LogP contribution >= 0.6 is 0 Å². The lowest BCUT2D eigenvalue weighted by Crippen LogP contribution is -2.59. The van der Waals surface area contributed by atoms with Crippen LogP contribution in [0.1, 0.15) is 51.9 Å². The van der Waals surface area contributed by atoms with Crippen LogP contribution in [0.25, 0.3) is 17.0 Å². The number of piperazine rings is 1. The molecule has 1 saturated heterocycles. The van der Waals surface area contributed by atoms with Crippen LogP contribution in [0.4, 0.5) is 0 Å². The van der Waals surface area contributed by atoms with Crippen molar-refractivity contribution in [1.29, 1.82) is 0 Å². The maximum absolute atomic E-state index is 13.0. The van der Waals surface area contributed by atoms with Gasteiger partial charge in [0.15, 0.2) is 0 Å². The first-order chi connectivity index (χ1) is 18.5. The predicted octanol–water partition coefficient (Wildman–Crippen LogP) is 2.33. The average Bonchev–Trinajstić information content (AvgIpc) is 2.90. The molecule has 2 amide bonds. The summed E-state index contributed by atoms with van der Waals surface area (Å²) in [7, 11) is 0. The van der Waals surface area contributed by atoms with Crippen LogP contribution in [0.15, 0.2) is 36.4 Å². The second-order valence-corrected chi connectivity index (χ2v) is 10.7. The predicted molar refractivity (Wildman–Crippen MR) is 151 cm³/mol. The highest BCUT2D eigenvalue weighted by Crippen LogP contribution is 2.19. The number of rotatable bonds is 11. The molecule has 1 aliphatic heterocycles. The molecule has 0 spiro atoms. The Morgan fingerprint density at radius 1 is 1.21 bits per heavy atom. The van der Waals surface area contributed by atoms with E-state index in [4.69, 9.17) is 10.5 Å². The number of carboxylic acids is 1. The molecule has 5 atom stereocenters. The molecule has 2 aromatic rings. The number of carbonyl (C=O) groups is 3. The minimum Gasteiger partial charge on any atom is -0.480 e. The van der Waals surface area contributed by atoms with Crippen LogP contribution in [0.5, 0.6) is 0 Å². The molecule has 212 valence electrons. The Hall–Kier alpha value is -3.34. The highest BCUT2D eigenvalue weighted by Gasteiger charge is 2.32. The van der Waals surface area contributed by atoms with Crippen LogP contribution in [0.3, 0.4) is 0 Å². The third-order valence-electron chi connectivity index (χ3n) is 6.74. The summed E-state index contributed by atoms with van der Waals surface area (Å²) in [5, 5.41) is 15.9. The lowest BCUT2D eigenvalue weighted by molar-refractivity contribution is -0.145. The molecule has 10 heteroatoms. The molecule has 0 radical (unpaired) electrons. The zero-order valence-corrected chi connectivity index (χ0v) is 23.4. The molecule has 1 aromatic heterocycles. The number of hydrogen-bond donors (Lipinski definition) is 4. The smallest absolute Gasteiger partial charge is 0.322 e. The molecular weight excluding hydrogens is 498 g/mol. The molecule has 1 unspecified atom stereocenters. The highest BCUT2D eigenvalue weighted by atomic mass is 16.5. The minimum absolute atomic E-state index is 0.0333. The zero-order valence-electron chi connectivity index (χ0n) is 23.4. The molecule has 1 fully saturated rings. The summed E-state index contributed by atoms with van der Waals surface area (Å²) in [6.07, 6.45) is 3.31. The molecule has 1 aliphatic rings. The van der Waals surface area contributed by atoms with Gasteiger partial charge in [-0.2, -0.15) is 0 Å². The number of carbonyl (C=O) groups excluding carboxylic acids is 2. The third kappa shape index (κ3) is 8.32. The van der Waals surface area contributed by atoms with Gasteiger partial charge < -0.3 is 31.1 Å². The number of amides is 2. The van der Waals surface area contributed by atoms with Gasteiger partial charge in [0.25, 0.3) is 0 Å². The summed E-state index contributed by atoms with van der Waals surface area (Å²) < 4.78 is 6.00. The molecule has 0 aliphatic carbocycles. The maximum atomic E-state index is 13.0. The SMILES string of the molecule is CC(/C=C/c1ccc2ccc([C@@H](C)N)nc2c1)CO[C@H](C(=O)N[C@@H](C)C(=O)N1CCN[C@H](C(=O)O)C1)C(C)C. The Bertz CT molecular complexity index is 1200. The lowest BCUT2D eigenvalue weighted by atomic mass is 10.0. The standard InChI is InChI=1S/C29H41N5O5/c1-17(2)26(27(35)32-20(5)28(36)34-13-12-31-25(15-34)29(37)38)39-16-18(3)6-7-21-8-9-22-10-11-23(19(4)30)33-24(22)14-21/h6-11,14,17-20,25-26,31H,12-13,15-16,30H2,1-5H3,(H,32,35)(H,37,38)/b7-6+/t18?,19-,20+,25+,26+/m1/s1. The van der Waals surface area contributed by atoms with Gasteiger partial charge >= 0.3 is 5.97 Å². The largest absolute Gasteiger partial charge is 0.480 e. The van der Waals surface area contributed by atoms with Crippen molar-refractivity contribution in [3.8, 4) is 0 Å². The number of carboxylic acid groups (broad SMARTS) is 1. The van der Waals surface area contributed by atoms with Gasteiger partial charge in [0, 0.05) is 31.1 Å². The van der Waals surface area contributed by atoms with E-state index in [1.165, 1.54) is 4.90 Å². The van der Waals surface area contributed by atoms with Crippen LogP contribution in [0, 0.1) is 11.8 Å². The first-order valence-corrected chi connectivity index (χ1v) is 13.5. The van der Waals surface area contributed by atoms with Gasteiger partial charge in [0.2, 0.25) is 11.8 Å². The van der Waals surface area contributed by atoms with E-state index in [1.54, 1.807) is 6.92 Å². The van der Waals surface area contributed by atoms with Crippen LogP contribution in [-0.2, 0) is 19.1 Å². The molecule has 0 saturated carbocycles. The first kappa shape index (κ1) is 30.2. The number of aromatic nitrogens is 1. The Balaban J connectivity index is 1.55. The molecule has 1 aromatic carbocycles. The Labute approximate surface area is 230 Å². The van der Waals surface area contributed by atoms with E-state index in [1.807, 2.05) is 70.2 Å². The fourth-order valence-corrected chi connectivity index (χ4v) is 4.41. The summed E-state index contributed by atoms with van der Waals surface area (Å²) in [6, 6.07) is 8.29. The first-order valence-electron chi connectivity index (χ1n) is 13.5. The number of nitrogens with zero attached hydrogens (tertiary/aromatic N) is 2. The van der Waals surface area contributed by atoms with Crippen molar-refractivity contribution >= 4 is 34.8 Å². The minimum atomic E-state index is -1.01. The van der Waals surface area contributed by atoms with Gasteiger partial charge in [0.1, 0.15) is 18.2 Å². The van der Waals surface area contributed by atoms with Gasteiger partial charge in [-0.15, -0.1) is 0 Å². The van der Waals surface area contributed by atoms with Crippen LogP contribution < -0.4 is 16.4 Å². The molecular formula is C29H41N5O5. The van der Waals surface area contributed by atoms with Gasteiger partial charge in [-0.1, -0.05) is 51.1 Å². The number of nitrogens with two attached hydrogens (primary N) is 1. The number of ether oxygens (including phenoxy) is 1. The van der Waals surface area contributed by atoms with E-state index in [9.17, 15) is 19.5 Å². The summed E-state index contributed by atoms with van der Waals surface area (Å²) in [5.41, 5.74) is 8.71. The topological polar surface area (TPSA) is 147 Å². The normalized spacial score (nSPS) is 19.2.